The fourth-order valence-electron chi connectivity index (χ4n) is 4.31. The van der Waals surface area contributed by atoms with Gasteiger partial charge in [0.2, 0.25) is 0 Å². The van der Waals surface area contributed by atoms with Crippen LogP contribution in [0.25, 0.3) is 0 Å². The van der Waals surface area contributed by atoms with Gasteiger partial charge < -0.3 is 20.1 Å². The molecule has 1 aliphatic heterocycles. The Morgan fingerprint density at radius 1 is 1.23 bits per heavy atom. The summed E-state index contributed by atoms with van der Waals surface area (Å²) in [4.78, 5) is 4.93. The van der Waals surface area contributed by atoms with Crippen molar-refractivity contribution in [1.29, 1.82) is 0 Å². The van der Waals surface area contributed by atoms with Crippen LogP contribution in [-0.2, 0) is 9.47 Å². The minimum Gasteiger partial charge on any atom is -0.385 e. The third-order valence-electron chi connectivity index (χ3n) is 6.00. The molecule has 5 heteroatoms. The van der Waals surface area contributed by atoms with E-state index in [0.717, 1.165) is 51.6 Å². The second-order valence-electron chi connectivity index (χ2n) is 9.23. The molecule has 0 radical (unpaired) electrons. The van der Waals surface area contributed by atoms with E-state index in [1.807, 2.05) is 0 Å². The lowest BCUT2D eigenvalue weighted by Crippen LogP contribution is -2.48. The molecule has 2 fully saturated rings. The SMILES string of the molecule is CCNC(=NCC1(CCOC)CCC1)NCC1CCCOC1C(C)(C)C. The lowest BCUT2D eigenvalue weighted by molar-refractivity contribution is -0.0835. The van der Waals surface area contributed by atoms with Crippen LogP contribution in [0.15, 0.2) is 4.99 Å². The Morgan fingerprint density at radius 3 is 2.58 bits per heavy atom. The molecule has 2 atom stereocenters. The zero-order valence-corrected chi connectivity index (χ0v) is 17.7. The maximum Gasteiger partial charge on any atom is 0.191 e. The van der Waals surface area contributed by atoms with Gasteiger partial charge in [0.15, 0.2) is 5.96 Å². The molecule has 26 heavy (non-hydrogen) atoms. The molecule has 5 nitrogen and oxygen atoms in total. The van der Waals surface area contributed by atoms with Gasteiger partial charge in [-0.15, -0.1) is 0 Å². The number of hydrogen-bond acceptors (Lipinski definition) is 3. The molecule has 2 rings (SSSR count). The van der Waals surface area contributed by atoms with E-state index in [0.29, 0.717) is 17.4 Å². The van der Waals surface area contributed by atoms with E-state index in [2.05, 4.69) is 38.3 Å². The van der Waals surface area contributed by atoms with Crippen LogP contribution in [0.1, 0.15) is 66.2 Å². The average Bonchev–Trinajstić information content (AvgIpc) is 2.57. The normalized spacial score (nSPS) is 26.3. The molecule has 2 aliphatic rings. The van der Waals surface area contributed by atoms with E-state index in [9.17, 15) is 0 Å². The molecule has 152 valence electrons. The zero-order valence-electron chi connectivity index (χ0n) is 17.7. The fourth-order valence-corrected chi connectivity index (χ4v) is 4.31. The van der Waals surface area contributed by atoms with Crippen LogP contribution in [0.3, 0.4) is 0 Å². The van der Waals surface area contributed by atoms with Gasteiger partial charge in [-0.25, -0.2) is 0 Å². The van der Waals surface area contributed by atoms with Gasteiger partial charge in [-0.05, 0) is 49.9 Å². The summed E-state index contributed by atoms with van der Waals surface area (Å²) < 4.78 is 11.4. The first-order chi connectivity index (χ1) is 12.4. The summed E-state index contributed by atoms with van der Waals surface area (Å²) in [7, 11) is 1.79. The molecule has 0 bridgehead atoms. The van der Waals surface area contributed by atoms with Crippen LogP contribution in [0.4, 0.5) is 0 Å². The number of hydrogen-bond donors (Lipinski definition) is 2. The molecular formula is C21H41N3O2. The lowest BCUT2D eigenvalue weighted by Gasteiger charge is -2.41. The summed E-state index contributed by atoms with van der Waals surface area (Å²) in [6.45, 7) is 13.4. The maximum absolute atomic E-state index is 6.12. The number of aliphatic imine (C=N–C) groups is 1. The number of methoxy groups -OCH3 is 1. The fraction of sp³-hybridized carbons (Fsp3) is 0.952. The van der Waals surface area contributed by atoms with E-state index < -0.39 is 0 Å². The first kappa shape index (κ1) is 21.5. The van der Waals surface area contributed by atoms with Crippen LogP contribution in [0.5, 0.6) is 0 Å². The van der Waals surface area contributed by atoms with Crippen molar-refractivity contribution < 1.29 is 9.47 Å². The molecule has 0 aromatic heterocycles. The Morgan fingerprint density at radius 2 is 2.00 bits per heavy atom. The van der Waals surface area contributed by atoms with Crippen LogP contribution in [-0.4, -0.2) is 52.0 Å². The Bertz CT molecular complexity index is 441. The predicted molar refractivity (Wildman–Crippen MR) is 109 cm³/mol. The summed E-state index contributed by atoms with van der Waals surface area (Å²) >= 11 is 0. The molecule has 1 aliphatic carbocycles. The zero-order chi connectivity index (χ0) is 19.0. The molecule has 0 amide bonds. The highest BCUT2D eigenvalue weighted by Crippen LogP contribution is 2.44. The van der Waals surface area contributed by atoms with Crippen molar-refractivity contribution in [2.24, 2.45) is 21.7 Å². The van der Waals surface area contributed by atoms with Crippen LogP contribution >= 0.6 is 0 Å². The number of nitrogens with one attached hydrogen (secondary N) is 2. The summed E-state index contributed by atoms with van der Waals surface area (Å²) in [5.41, 5.74) is 0.540. The Hall–Kier alpha value is -0.810. The topological polar surface area (TPSA) is 54.9 Å². The molecule has 0 spiro atoms. The van der Waals surface area contributed by atoms with Gasteiger partial charge in [0.25, 0.3) is 0 Å². The molecule has 2 N–H and O–H groups in total. The van der Waals surface area contributed by atoms with Gasteiger partial charge in [-0.1, -0.05) is 27.2 Å². The third-order valence-corrected chi connectivity index (χ3v) is 6.00. The summed E-state index contributed by atoms with van der Waals surface area (Å²) in [5, 5.41) is 7.02. The van der Waals surface area contributed by atoms with E-state index in [4.69, 9.17) is 14.5 Å². The first-order valence-electron chi connectivity index (χ1n) is 10.5. The molecular weight excluding hydrogens is 326 g/mol. The predicted octanol–water partition coefficient (Wildman–Crippen LogP) is 3.59. The molecule has 1 heterocycles. The second-order valence-corrected chi connectivity index (χ2v) is 9.23. The number of guanidine groups is 1. The lowest BCUT2D eigenvalue weighted by atomic mass is 9.67. The molecule has 1 saturated carbocycles. The molecule has 1 saturated heterocycles. The van der Waals surface area contributed by atoms with Crippen LogP contribution in [0, 0.1) is 16.7 Å². The largest absolute Gasteiger partial charge is 0.385 e. The highest BCUT2D eigenvalue weighted by atomic mass is 16.5. The van der Waals surface area contributed by atoms with Crippen LogP contribution in [0.2, 0.25) is 0 Å². The van der Waals surface area contributed by atoms with Gasteiger partial charge in [0, 0.05) is 45.9 Å². The van der Waals surface area contributed by atoms with Crippen LogP contribution < -0.4 is 10.6 Å². The maximum atomic E-state index is 6.12. The number of rotatable bonds is 8. The Labute approximate surface area is 160 Å². The summed E-state index contributed by atoms with van der Waals surface area (Å²) in [6, 6.07) is 0. The Balaban J connectivity index is 1.92. The average molecular weight is 368 g/mol. The van der Waals surface area contributed by atoms with Crippen molar-refractivity contribution >= 4 is 5.96 Å². The monoisotopic (exact) mass is 367 g/mol. The summed E-state index contributed by atoms with van der Waals surface area (Å²) in [6.07, 6.45) is 7.71. The van der Waals surface area contributed by atoms with E-state index in [-0.39, 0.29) is 5.41 Å². The van der Waals surface area contributed by atoms with E-state index >= 15 is 0 Å². The third kappa shape index (κ3) is 6.12. The van der Waals surface area contributed by atoms with Crippen molar-refractivity contribution in [2.75, 3.05) is 40.0 Å². The molecule has 2 unspecified atom stereocenters. The summed E-state index contributed by atoms with van der Waals surface area (Å²) in [5.74, 6) is 1.49. The Kier molecular flexibility index (Phi) is 8.21. The molecule has 0 aromatic rings. The highest BCUT2D eigenvalue weighted by molar-refractivity contribution is 5.79. The number of ether oxygens (including phenoxy) is 2. The minimum atomic E-state index is 0.179. The van der Waals surface area contributed by atoms with Gasteiger partial charge in [0.1, 0.15) is 0 Å². The van der Waals surface area contributed by atoms with Gasteiger partial charge in [0.05, 0.1) is 6.10 Å². The van der Waals surface area contributed by atoms with Crippen molar-refractivity contribution in [3.8, 4) is 0 Å². The van der Waals surface area contributed by atoms with Crippen molar-refractivity contribution in [3.05, 3.63) is 0 Å². The van der Waals surface area contributed by atoms with E-state index in [1.54, 1.807) is 7.11 Å². The minimum absolute atomic E-state index is 0.179. The second kappa shape index (κ2) is 9.93. The van der Waals surface area contributed by atoms with E-state index in [1.165, 1.54) is 25.7 Å². The standard InChI is InChI=1S/C21H41N3O2/c1-6-22-19(24-16-21(10-8-11-21)12-14-25-5)23-15-17-9-7-13-26-18(17)20(2,3)4/h17-18H,6-16H2,1-5H3,(H2,22,23,24). The van der Waals surface area contributed by atoms with Gasteiger partial charge in [-0.3, -0.25) is 4.99 Å². The molecule has 0 aromatic carbocycles. The number of nitrogens with zero attached hydrogens (tertiary/aromatic N) is 1. The smallest absolute Gasteiger partial charge is 0.191 e. The van der Waals surface area contributed by atoms with Crippen molar-refractivity contribution in [2.45, 2.75) is 72.3 Å². The quantitative estimate of drug-likeness (QED) is 0.508. The van der Waals surface area contributed by atoms with Gasteiger partial charge in [-0.2, -0.15) is 0 Å². The van der Waals surface area contributed by atoms with Gasteiger partial charge >= 0.3 is 0 Å². The van der Waals surface area contributed by atoms with Crippen molar-refractivity contribution in [3.63, 3.8) is 0 Å². The highest BCUT2D eigenvalue weighted by Gasteiger charge is 2.37. The van der Waals surface area contributed by atoms with Crippen molar-refractivity contribution in [1.82, 2.24) is 10.6 Å². The first-order valence-corrected chi connectivity index (χ1v) is 10.5.